The van der Waals surface area contributed by atoms with E-state index in [9.17, 15) is 9.59 Å². The van der Waals surface area contributed by atoms with Crippen LogP contribution in [0, 0.1) is 13.8 Å². The predicted molar refractivity (Wildman–Crippen MR) is 111 cm³/mol. The highest BCUT2D eigenvalue weighted by Crippen LogP contribution is 2.19. The van der Waals surface area contributed by atoms with Gasteiger partial charge >= 0.3 is 0 Å². The average Bonchev–Trinajstić information content (AvgIpc) is 2.70. The maximum Gasteiger partial charge on any atom is 0.261 e. The molecule has 0 radical (unpaired) electrons. The molecule has 0 heterocycles. The van der Waals surface area contributed by atoms with Crippen molar-refractivity contribution in [3.8, 4) is 5.75 Å². The van der Waals surface area contributed by atoms with Crippen molar-refractivity contribution in [2.45, 2.75) is 46.7 Å². The van der Waals surface area contributed by atoms with Crippen LogP contribution in [0.3, 0.4) is 0 Å². The molecule has 0 aromatic heterocycles. The first-order chi connectivity index (χ1) is 13.4. The summed E-state index contributed by atoms with van der Waals surface area (Å²) < 4.78 is 5.79. The molecule has 0 spiro atoms. The van der Waals surface area contributed by atoms with Gasteiger partial charge in [-0.05, 0) is 49.9 Å². The smallest absolute Gasteiger partial charge is 0.261 e. The average molecular weight is 383 g/mol. The van der Waals surface area contributed by atoms with E-state index in [1.807, 2.05) is 69.3 Å². The number of rotatable bonds is 9. The number of benzene rings is 2. The molecule has 150 valence electrons. The Bertz CT molecular complexity index is 790. The summed E-state index contributed by atoms with van der Waals surface area (Å²) in [6.45, 7) is 8.52. The molecule has 2 aromatic rings. The van der Waals surface area contributed by atoms with Gasteiger partial charge in [-0.3, -0.25) is 9.59 Å². The minimum Gasteiger partial charge on any atom is -0.483 e. The molecule has 2 rings (SSSR count). The standard InChI is InChI=1S/C23H30N2O3/c1-5-13-24-23(27)19(4)25(15-20-9-7-6-8-10-20)22(26)16-28-21-14-17(2)11-12-18(21)3/h6-12,14,19H,5,13,15-16H2,1-4H3,(H,24,27)/t19-/m0/s1. The first-order valence-corrected chi connectivity index (χ1v) is 9.73. The lowest BCUT2D eigenvalue weighted by molar-refractivity contribution is -0.142. The largest absolute Gasteiger partial charge is 0.483 e. The topological polar surface area (TPSA) is 58.6 Å². The molecule has 0 fully saturated rings. The summed E-state index contributed by atoms with van der Waals surface area (Å²) >= 11 is 0. The number of carbonyl (C=O) groups is 2. The number of aryl methyl sites for hydroxylation is 2. The number of amides is 2. The number of carbonyl (C=O) groups excluding carboxylic acids is 2. The predicted octanol–water partition coefficient (Wildman–Crippen LogP) is 3.63. The second kappa shape index (κ2) is 10.5. The quantitative estimate of drug-likeness (QED) is 0.721. The van der Waals surface area contributed by atoms with E-state index in [-0.39, 0.29) is 18.4 Å². The van der Waals surface area contributed by atoms with Crippen LogP contribution in [0.4, 0.5) is 0 Å². The van der Waals surface area contributed by atoms with E-state index in [4.69, 9.17) is 4.74 Å². The lowest BCUT2D eigenvalue weighted by atomic mass is 10.1. The summed E-state index contributed by atoms with van der Waals surface area (Å²) in [5.41, 5.74) is 3.01. The molecule has 0 aliphatic rings. The van der Waals surface area contributed by atoms with E-state index in [1.54, 1.807) is 11.8 Å². The van der Waals surface area contributed by atoms with E-state index in [1.165, 1.54) is 0 Å². The fraction of sp³-hybridized carbons (Fsp3) is 0.391. The Hall–Kier alpha value is -2.82. The van der Waals surface area contributed by atoms with Crippen molar-refractivity contribution in [1.82, 2.24) is 10.2 Å². The normalized spacial score (nSPS) is 11.6. The number of hydrogen-bond donors (Lipinski definition) is 1. The van der Waals surface area contributed by atoms with E-state index >= 15 is 0 Å². The summed E-state index contributed by atoms with van der Waals surface area (Å²) in [5, 5.41) is 2.87. The molecular weight excluding hydrogens is 352 g/mol. The zero-order valence-electron chi connectivity index (χ0n) is 17.2. The Morgan fingerprint density at radius 1 is 1.11 bits per heavy atom. The second-order valence-electron chi connectivity index (χ2n) is 7.03. The van der Waals surface area contributed by atoms with Gasteiger partial charge in [0.2, 0.25) is 5.91 Å². The first kappa shape index (κ1) is 21.5. The van der Waals surface area contributed by atoms with Gasteiger partial charge in [-0.15, -0.1) is 0 Å². The Labute approximate surface area is 167 Å². The van der Waals surface area contributed by atoms with Gasteiger partial charge < -0.3 is 15.0 Å². The number of nitrogens with one attached hydrogen (secondary N) is 1. The van der Waals surface area contributed by atoms with Crippen molar-refractivity contribution >= 4 is 11.8 Å². The molecule has 5 heteroatoms. The maximum atomic E-state index is 13.0. The Kier molecular flexibility index (Phi) is 8.05. The number of ether oxygens (including phenoxy) is 1. The molecular formula is C23H30N2O3. The molecule has 2 aromatic carbocycles. The maximum absolute atomic E-state index is 13.0. The molecule has 5 nitrogen and oxygen atoms in total. The summed E-state index contributed by atoms with van der Waals surface area (Å²) in [4.78, 5) is 27.0. The van der Waals surface area contributed by atoms with Gasteiger partial charge in [-0.1, -0.05) is 49.4 Å². The Balaban J connectivity index is 2.13. The van der Waals surface area contributed by atoms with Gasteiger partial charge in [0, 0.05) is 13.1 Å². The fourth-order valence-electron chi connectivity index (χ4n) is 2.84. The number of nitrogens with zero attached hydrogens (tertiary/aromatic N) is 1. The molecule has 1 atom stereocenters. The van der Waals surface area contributed by atoms with Crippen molar-refractivity contribution in [1.29, 1.82) is 0 Å². The van der Waals surface area contributed by atoms with Gasteiger partial charge in [-0.25, -0.2) is 0 Å². The van der Waals surface area contributed by atoms with E-state index < -0.39 is 6.04 Å². The van der Waals surface area contributed by atoms with Crippen LogP contribution in [0.1, 0.15) is 37.0 Å². The molecule has 0 aliphatic heterocycles. The van der Waals surface area contributed by atoms with Crippen molar-refractivity contribution in [2.75, 3.05) is 13.2 Å². The van der Waals surface area contributed by atoms with E-state index in [0.29, 0.717) is 18.8 Å². The van der Waals surface area contributed by atoms with Crippen molar-refractivity contribution in [3.63, 3.8) is 0 Å². The summed E-state index contributed by atoms with van der Waals surface area (Å²) in [5.74, 6) is 0.317. The van der Waals surface area contributed by atoms with Gasteiger partial charge in [-0.2, -0.15) is 0 Å². The zero-order chi connectivity index (χ0) is 20.5. The molecule has 2 amide bonds. The van der Waals surface area contributed by atoms with E-state index in [2.05, 4.69) is 5.32 Å². The third kappa shape index (κ3) is 6.12. The molecule has 0 aliphatic carbocycles. The van der Waals surface area contributed by atoms with Gasteiger partial charge in [0.1, 0.15) is 11.8 Å². The summed E-state index contributed by atoms with van der Waals surface area (Å²) in [7, 11) is 0. The zero-order valence-corrected chi connectivity index (χ0v) is 17.2. The van der Waals surface area contributed by atoms with E-state index in [0.717, 1.165) is 23.1 Å². The van der Waals surface area contributed by atoms with Crippen LogP contribution < -0.4 is 10.1 Å². The minimum absolute atomic E-state index is 0.109. The lowest BCUT2D eigenvalue weighted by Crippen LogP contribution is -2.49. The van der Waals surface area contributed by atoms with Crippen LogP contribution in [-0.2, 0) is 16.1 Å². The third-order valence-electron chi connectivity index (χ3n) is 4.61. The van der Waals surface area contributed by atoms with Crippen molar-refractivity contribution in [2.24, 2.45) is 0 Å². The molecule has 0 bridgehead atoms. The van der Waals surface area contributed by atoms with Gasteiger partial charge in [0.05, 0.1) is 0 Å². The molecule has 1 N–H and O–H groups in total. The minimum atomic E-state index is -0.582. The van der Waals surface area contributed by atoms with Crippen LogP contribution >= 0.6 is 0 Å². The van der Waals surface area contributed by atoms with Gasteiger partial charge in [0.25, 0.3) is 5.91 Å². The Morgan fingerprint density at radius 3 is 2.50 bits per heavy atom. The SMILES string of the molecule is CCCNC(=O)[C@H](C)N(Cc1ccccc1)C(=O)COc1cc(C)ccc1C. The van der Waals surface area contributed by atoms with Crippen LogP contribution in [0.15, 0.2) is 48.5 Å². The van der Waals surface area contributed by atoms with Crippen LogP contribution in [0.5, 0.6) is 5.75 Å². The van der Waals surface area contributed by atoms with Crippen LogP contribution in [0.2, 0.25) is 0 Å². The monoisotopic (exact) mass is 382 g/mol. The highest BCUT2D eigenvalue weighted by atomic mass is 16.5. The Morgan fingerprint density at radius 2 is 1.82 bits per heavy atom. The van der Waals surface area contributed by atoms with Crippen molar-refractivity contribution < 1.29 is 14.3 Å². The second-order valence-corrected chi connectivity index (χ2v) is 7.03. The molecule has 0 saturated carbocycles. The fourth-order valence-corrected chi connectivity index (χ4v) is 2.84. The highest BCUT2D eigenvalue weighted by molar-refractivity contribution is 5.87. The summed E-state index contributed by atoms with van der Waals surface area (Å²) in [6.07, 6.45) is 0.848. The van der Waals surface area contributed by atoms with Gasteiger partial charge in [0.15, 0.2) is 6.61 Å². The molecule has 28 heavy (non-hydrogen) atoms. The van der Waals surface area contributed by atoms with Crippen molar-refractivity contribution in [3.05, 3.63) is 65.2 Å². The summed E-state index contributed by atoms with van der Waals surface area (Å²) in [6, 6.07) is 15.0. The third-order valence-corrected chi connectivity index (χ3v) is 4.61. The number of hydrogen-bond acceptors (Lipinski definition) is 3. The molecule has 0 saturated heterocycles. The van der Waals surface area contributed by atoms with Crippen LogP contribution in [0.25, 0.3) is 0 Å². The van der Waals surface area contributed by atoms with Crippen LogP contribution in [-0.4, -0.2) is 35.9 Å². The first-order valence-electron chi connectivity index (χ1n) is 9.73. The highest BCUT2D eigenvalue weighted by Gasteiger charge is 2.26. The molecule has 0 unspecified atom stereocenters. The lowest BCUT2D eigenvalue weighted by Gasteiger charge is -2.29.